The third-order valence-corrected chi connectivity index (χ3v) is 4.70. The third kappa shape index (κ3) is 2.49. The largest absolute Gasteiger partial charge is 0.355 e. The van der Waals surface area contributed by atoms with Crippen LogP contribution in [0.1, 0.15) is 5.56 Å². The Bertz CT molecular complexity index is 707. The van der Waals surface area contributed by atoms with Crippen LogP contribution in [0, 0.1) is 6.92 Å². The fourth-order valence-electron chi connectivity index (χ4n) is 2.11. The van der Waals surface area contributed by atoms with Crippen molar-refractivity contribution < 1.29 is 0 Å². The molecule has 1 aromatic heterocycles. The van der Waals surface area contributed by atoms with Crippen molar-refractivity contribution in [1.82, 2.24) is 4.98 Å². The third-order valence-electron chi connectivity index (χ3n) is 3.13. The fourth-order valence-corrected chi connectivity index (χ4v) is 3.11. The topological polar surface area (TPSA) is 27.8 Å². The summed E-state index contributed by atoms with van der Waals surface area (Å²) in [6, 6.07) is 14.7. The van der Waals surface area contributed by atoms with Gasteiger partial charge < -0.3 is 9.71 Å². The van der Waals surface area contributed by atoms with E-state index in [1.165, 1.54) is 21.6 Å². The van der Waals surface area contributed by atoms with E-state index in [0.29, 0.717) is 0 Å². The van der Waals surface area contributed by atoms with Gasteiger partial charge in [0.15, 0.2) is 0 Å². The molecule has 2 nitrogen and oxygen atoms in total. The summed E-state index contributed by atoms with van der Waals surface area (Å²) in [5, 5.41) is 4.90. The highest BCUT2D eigenvalue weighted by Crippen LogP contribution is 2.29. The van der Waals surface area contributed by atoms with E-state index < -0.39 is 0 Å². The summed E-state index contributed by atoms with van der Waals surface area (Å²) in [5.74, 6) is 0. The molecule has 0 saturated heterocycles. The molecule has 1 heterocycles. The second-order valence-electron chi connectivity index (χ2n) is 4.44. The highest BCUT2D eigenvalue weighted by atomic mass is 32.2. The summed E-state index contributed by atoms with van der Waals surface area (Å²) < 4.78 is 3.43. The summed E-state index contributed by atoms with van der Waals surface area (Å²) in [6.07, 6.45) is 1.93. The first kappa shape index (κ1) is 12.6. The molecule has 0 bridgehead atoms. The minimum Gasteiger partial charge on any atom is -0.355 e. The van der Waals surface area contributed by atoms with Crippen molar-refractivity contribution >= 4 is 43.0 Å². The van der Waals surface area contributed by atoms with Crippen molar-refractivity contribution in [2.45, 2.75) is 11.9 Å². The number of anilines is 1. The molecule has 3 aromatic rings. The predicted octanol–water partition coefficient (Wildman–Crippen LogP) is 4.10. The van der Waals surface area contributed by atoms with Crippen LogP contribution in [0.3, 0.4) is 0 Å². The Morgan fingerprint density at radius 2 is 1.89 bits per heavy atom. The van der Waals surface area contributed by atoms with E-state index in [4.69, 9.17) is 0 Å². The molecular formula is C15H15N2PS. The van der Waals surface area contributed by atoms with Crippen LogP contribution in [0.15, 0.2) is 53.7 Å². The molecule has 0 radical (unpaired) electrons. The van der Waals surface area contributed by atoms with Crippen molar-refractivity contribution in [3.8, 4) is 0 Å². The Balaban J connectivity index is 2.01. The van der Waals surface area contributed by atoms with E-state index in [9.17, 15) is 0 Å². The van der Waals surface area contributed by atoms with Gasteiger partial charge in [-0.05, 0) is 41.4 Å². The molecule has 1 unspecified atom stereocenters. The van der Waals surface area contributed by atoms with Crippen LogP contribution < -0.4 is 10.0 Å². The van der Waals surface area contributed by atoms with Crippen molar-refractivity contribution in [3.05, 3.63) is 54.2 Å². The first-order valence-electron chi connectivity index (χ1n) is 6.10. The highest BCUT2D eigenvalue weighted by molar-refractivity contribution is 8.00. The molecule has 0 spiro atoms. The van der Waals surface area contributed by atoms with Crippen LogP contribution in [0.4, 0.5) is 5.69 Å². The van der Waals surface area contributed by atoms with Crippen molar-refractivity contribution in [3.63, 3.8) is 0 Å². The van der Waals surface area contributed by atoms with Gasteiger partial charge in [0.25, 0.3) is 0 Å². The molecule has 0 aliphatic heterocycles. The van der Waals surface area contributed by atoms with Crippen LogP contribution in [0.25, 0.3) is 10.8 Å². The van der Waals surface area contributed by atoms with Gasteiger partial charge in [-0.2, -0.15) is 0 Å². The first-order valence-corrected chi connectivity index (χ1v) is 7.49. The van der Waals surface area contributed by atoms with Crippen LogP contribution >= 0.6 is 21.2 Å². The number of benzene rings is 2. The number of aromatic amines is 1. The van der Waals surface area contributed by atoms with E-state index in [2.05, 4.69) is 62.3 Å². The van der Waals surface area contributed by atoms with Crippen molar-refractivity contribution in [1.29, 1.82) is 0 Å². The average Bonchev–Trinajstić information content (AvgIpc) is 2.95. The van der Waals surface area contributed by atoms with Crippen LogP contribution in [0.5, 0.6) is 0 Å². The highest BCUT2D eigenvalue weighted by Gasteiger charge is 2.06. The molecule has 0 fully saturated rings. The number of aryl methyl sites for hydroxylation is 1. The standard InChI is InChI=1S/C15H15N2PS/c1-10-9-13(17-19-14-7-4-8-16-14)11-5-2-3-6-12(11)15(10)18/h2-9,16-17H,18H2,1H3. The Morgan fingerprint density at radius 3 is 2.63 bits per heavy atom. The maximum absolute atomic E-state index is 3.43. The van der Waals surface area contributed by atoms with Gasteiger partial charge in [0, 0.05) is 23.5 Å². The lowest BCUT2D eigenvalue weighted by Crippen LogP contribution is -2.01. The zero-order chi connectivity index (χ0) is 13.2. The second kappa shape index (κ2) is 5.28. The number of fused-ring (bicyclic) bond motifs is 1. The van der Waals surface area contributed by atoms with E-state index in [-0.39, 0.29) is 0 Å². The molecule has 2 aromatic carbocycles. The number of H-pyrrole nitrogens is 1. The van der Waals surface area contributed by atoms with Gasteiger partial charge in [-0.3, -0.25) is 0 Å². The molecule has 96 valence electrons. The van der Waals surface area contributed by atoms with Gasteiger partial charge in [0.2, 0.25) is 0 Å². The lowest BCUT2D eigenvalue weighted by Gasteiger charge is -2.12. The minimum atomic E-state index is 1.11. The summed E-state index contributed by atoms with van der Waals surface area (Å²) in [7, 11) is 2.84. The van der Waals surface area contributed by atoms with E-state index in [1.807, 2.05) is 12.3 Å². The predicted molar refractivity (Wildman–Crippen MR) is 88.3 cm³/mol. The molecule has 1 atom stereocenters. The average molecular weight is 286 g/mol. The first-order chi connectivity index (χ1) is 9.25. The van der Waals surface area contributed by atoms with E-state index in [0.717, 1.165) is 10.7 Å². The zero-order valence-corrected chi connectivity index (χ0v) is 12.6. The summed E-state index contributed by atoms with van der Waals surface area (Å²) >= 11 is 1.60. The lowest BCUT2D eigenvalue weighted by atomic mass is 10.1. The number of hydrogen-bond donors (Lipinski definition) is 2. The number of hydrogen-bond acceptors (Lipinski definition) is 2. The Labute approximate surface area is 119 Å². The fraction of sp³-hybridized carbons (Fsp3) is 0.0667. The molecular weight excluding hydrogens is 271 g/mol. The number of nitrogens with one attached hydrogen (secondary N) is 2. The van der Waals surface area contributed by atoms with Crippen molar-refractivity contribution in [2.24, 2.45) is 0 Å². The number of aromatic nitrogens is 1. The molecule has 2 N–H and O–H groups in total. The summed E-state index contributed by atoms with van der Waals surface area (Å²) in [6.45, 7) is 2.14. The monoisotopic (exact) mass is 286 g/mol. The molecule has 0 amide bonds. The van der Waals surface area contributed by atoms with Gasteiger partial charge in [-0.15, -0.1) is 9.24 Å². The quantitative estimate of drug-likeness (QED) is 0.560. The molecule has 3 rings (SSSR count). The molecule has 0 aliphatic rings. The van der Waals surface area contributed by atoms with E-state index in [1.54, 1.807) is 11.9 Å². The van der Waals surface area contributed by atoms with Crippen molar-refractivity contribution in [2.75, 3.05) is 4.72 Å². The normalized spacial score (nSPS) is 10.8. The minimum absolute atomic E-state index is 1.11. The van der Waals surface area contributed by atoms with Gasteiger partial charge >= 0.3 is 0 Å². The van der Waals surface area contributed by atoms with Crippen LogP contribution in [-0.4, -0.2) is 4.98 Å². The van der Waals surface area contributed by atoms with Gasteiger partial charge in [0.05, 0.1) is 10.7 Å². The zero-order valence-electron chi connectivity index (χ0n) is 10.6. The van der Waals surface area contributed by atoms with Crippen LogP contribution in [0.2, 0.25) is 0 Å². The summed E-state index contributed by atoms with van der Waals surface area (Å²) in [4.78, 5) is 3.18. The maximum atomic E-state index is 3.43. The smallest absolute Gasteiger partial charge is 0.0931 e. The SMILES string of the molecule is Cc1cc(NSc2ccc[nH]2)c2ccccc2c1P. The van der Waals surface area contributed by atoms with Crippen LogP contribution in [-0.2, 0) is 0 Å². The van der Waals surface area contributed by atoms with Gasteiger partial charge in [-0.25, -0.2) is 0 Å². The summed E-state index contributed by atoms with van der Waals surface area (Å²) in [5.41, 5.74) is 2.43. The van der Waals surface area contributed by atoms with Gasteiger partial charge in [0.1, 0.15) is 0 Å². The lowest BCUT2D eigenvalue weighted by molar-refractivity contribution is 1.21. The number of rotatable bonds is 3. The Kier molecular flexibility index (Phi) is 3.50. The van der Waals surface area contributed by atoms with E-state index >= 15 is 0 Å². The molecule has 4 heteroatoms. The maximum Gasteiger partial charge on any atom is 0.0931 e. The Morgan fingerprint density at radius 1 is 1.11 bits per heavy atom. The Hall–Kier alpha value is -1.44. The molecule has 19 heavy (non-hydrogen) atoms. The van der Waals surface area contributed by atoms with Gasteiger partial charge in [-0.1, -0.05) is 24.3 Å². The molecule has 0 aliphatic carbocycles. The molecule has 0 saturated carbocycles. The second-order valence-corrected chi connectivity index (χ2v) is 5.86.